The van der Waals surface area contributed by atoms with Crippen LogP contribution in [0.3, 0.4) is 0 Å². The van der Waals surface area contributed by atoms with Crippen LogP contribution in [0.15, 0.2) is 24.3 Å². The number of nitrogen functional groups attached to an aromatic ring is 1. The van der Waals surface area contributed by atoms with E-state index >= 15 is 0 Å². The minimum atomic E-state index is 0.0960. The van der Waals surface area contributed by atoms with Gasteiger partial charge in [-0.3, -0.25) is 0 Å². The van der Waals surface area contributed by atoms with Crippen molar-refractivity contribution < 1.29 is 0 Å². The highest BCUT2D eigenvalue weighted by Gasteiger charge is 2.14. The van der Waals surface area contributed by atoms with E-state index in [0.717, 1.165) is 5.69 Å². The summed E-state index contributed by atoms with van der Waals surface area (Å²) in [4.78, 5) is 0. The molecular formula is C11H15N5. The molecule has 0 amide bonds. The van der Waals surface area contributed by atoms with Crippen molar-refractivity contribution in [1.29, 1.82) is 0 Å². The molecule has 0 bridgehead atoms. The zero-order valence-electron chi connectivity index (χ0n) is 9.68. The van der Waals surface area contributed by atoms with Gasteiger partial charge in [0.25, 0.3) is 0 Å². The highest BCUT2D eigenvalue weighted by molar-refractivity contribution is 5.41. The first-order chi connectivity index (χ1) is 7.48. The maximum atomic E-state index is 5.66. The molecule has 0 saturated carbocycles. The van der Waals surface area contributed by atoms with Gasteiger partial charge in [0.15, 0.2) is 0 Å². The highest BCUT2D eigenvalue weighted by atomic mass is 15.6. The van der Waals surface area contributed by atoms with Crippen molar-refractivity contribution in [2.45, 2.75) is 26.2 Å². The summed E-state index contributed by atoms with van der Waals surface area (Å²) in [5, 5.41) is 11.0. The lowest BCUT2D eigenvalue weighted by Gasteiger charge is -2.19. The molecule has 0 aliphatic carbocycles. The number of rotatable bonds is 1. The number of hydrogen-bond donors (Lipinski definition) is 1. The summed E-state index contributed by atoms with van der Waals surface area (Å²) in [5.41, 5.74) is 7.86. The van der Waals surface area contributed by atoms with Crippen molar-refractivity contribution >= 4 is 5.95 Å². The van der Waals surface area contributed by atoms with E-state index in [4.69, 9.17) is 5.73 Å². The van der Waals surface area contributed by atoms with Gasteiger partial charge in [-0.1, -0.05) is 38.0 Å². The predicted molar refractivity (Wildman–Crippen MR) is 62.3 cm³/mol. The molecule has 0 aliphatic heterocycles. The smallest absolute Gasteiger partial charge is 0.245 e. The third kappa shape index (κ3) is 1.88. The van der Waals surface area contributed by atoms with Crippen LogP contribution in [0, 0.1) is 0 Å². The van der Waals surface area contributed by atoms with Gasteiger partial charge in [0.2, 0.25) is 5.95 Å². The Kier molecular flexibility index (Phi) is 2.38. The van der Waals surface area contributed by atoms with E-state index in [1.165, 1.54) is 10.2 Å². The third-order valence-corrected chi connectivity index (χ3v) is 2.45. The quantitative estimate of drug-likeness (QED) is 0.786. The molecule has 0 unspecified atom stereocenters. The number of aromatic nitrogens is 4. The largest absolute Gasteiger partial charge is 0.366 e. The molecule has 0 radical (unpaired) electrons. The van der Waals surface area contributed by atoms with Crippen LogP contribution < -0.4 is 5.73 Å². The van der Waals surface area contributed by atoms with Gasteiger partial charge in [-0.2, -0.15) is 4.68 Å². The number of tetrazole rings is 1. The van der Waals surface area contributed by atoms with Crippen LogP contribution in [-0.4, -0.2) is 20.2 Å². The summed E-state index contributed by atoms with van der Waals surface area (Å²) in [6, 6.07) is 8.05. The molecule has 2 N–H and O–H groups in total. The number of anilines is 1. The zero-order valence-corrected chi connectivity index (χ0v) is 9.68. The Morgan fingerprint density at radius 2 is 2.00 bits per heavy atom. The van der Waals surface area contributed by atoms with Gasteiger partial charge in [0, 0.05) is 0 Å². The second-order valence-corrected chi connectivity index (χ2v) is 4.75. The lowest BCUT2D eigenvalue weighted by molar-refractivity contribution is 0.589. The monoisotopic (exact) mass is 217 g/mol. The molecule has 1 aromatic heterocycles. The van der Waals surface area contributed by atoms with Gasteiger partial charge in [-0.25, -0.2) is 0 Å². The molecule has 5 heteroatoms. The second kappa shape index (κ2) is 3.59. The Bertz CT molecular complexity index is 495. The molecular weight excluding hydrogens is 202 g/mol. The summed E-state index contributed by atoms with van der Waals surface area (Å²) in [5.74, 6) is 0.297. The molecule has 5 nitrogen and oxygen atoms in total. The molecule has 0 aliphatic rings. The molecule has 0 atom stereocenters. The van der Waals surface area contributed by atoms with Crippen LogP contribution in [0.25, 0.3) is 5.69 Å². The van der Waals surface area contributed by atoms with Gasteiger partial charge in [-0.05, 0) is 33.5 Å². The average Bonchev–Trinajstić information content (AvgIpc) is 2.63. The Morgan fingerprint density at radius 3 is 2.56 bits per heavy atom. The summed E-state index contributed by atoms with van der Waals surface area (Å²) in [6.45, 7) is 6.49. The summed E-state index contributed by atoms with van der Waals surface area (Å²) in [7, 11) is 0. The molecule has 1 heterocycles. The SMILES string of the molecule is CC(C)(C)c1cccc(-n2nnnc2N)c1. The Balaban J connectivity index is 2.49. The molecule has 0 saturated heterocycles. The van der Waals surface area contributed by atoms with E-state index in [1.807, 2.05) is 18.2 Å². The van der Waals surface area contributed by atoms with E-state index < -0.39 is 0 Å². The zero-order chi connectivity index (χ0) is 11.8. The second-order valence-electron chi connectivity index (χ2n) is 4.75. The predicted octanol–water partition coefficient (Wildman–Crippen LogP) is 1.54. The van der Waals surface area contributed by atoms with Gasteiger partial charge in [0.05, 0.1) is 5.69 Å². The molecule has 0 spiro atoms. The molecule has 16 heavy (non-hydrogen) atoms. The Hall–Kier alpha value is -1.91. The number of benzene rings is 1. The fraction of sp³-hybridized carbons (Fsp3) is 0.364. The minimum Gasteiger partial charge on any atom is -0.366 e. The van der Waals surface area contributed by atoms with E-state index in [2.05, 4.69) is 42.4 Å². The van der Waals surface area contributed by atoms with Crippen LogP contribution in [0.5, 0.6) is 0 Å². The first-order valence-electron chi connectivity index (χ1n) is 5.13. The normalized spacial score (nSPS) is 11.7. The van der Waals surface area contributed by atoms with Gasteiger partial charge in [-0.15, -0.1) is 0 Å². The molecule has 1 aromatic carbocycles. The van der Waals surface area contributed by atoms with E-state index in [0.29, 0.717) is 5.95 Å². The Morgan fingerprint density at radius 1 is 1.25 bits per heavy atom. The molecule has 0 fully saturated rings. The van der Waals surface area contributed by atoms with Crippen LogP contribution in [0.1, 0.15) is 26.3 Å². The van der Waals surface area contributed by atoms with Crippen molar-refractivity contribution in [2.75, 3.05) is 5.73 Å². The maximum Gasteiger partial charge on any atom is 0.245 e. The lowest BCUT2D eigenvalue weighted by Crippen LogP contribution is -2.12. The number of nitrogens with zero attached hydrogens (tertiary/aromatic N) is 4. The fourth-order valence-corrected chi connectivity index (χ4v) is 1.48. The van der Waals surface area contributed by atoms with Crippen LogP contribution in [-0.2, 0) is 5.41 Å². The molecule has 2 rings (SSSR count). The van der Waals surface area contributed by atoms with E-state index in [1.54, 1.807) is 0 Å². The standard InChI is InChI=1S/C11H15N5/c1-11(2,3)8-5-4-6-9(7-8)16-10(12)13-14-15-16/h4-7H,1-3H3,(H2,12,13,15). The lowest BCUT2D eigenvalue weighted by atomic mass is 9.87. The fourth-order valence-electron chi connectivity index (χ4n) is 1.48. The van der Waals surface area contributed by atoms with E-state index in [-0.39, 0.29) is 5.41 Å². The van der Waals surface area contributed by atoms with Gasteiger partial charge < -0.3 is 5.73 Å². The van der Waals surface area contributed by atoms with Crippen molar-refractivity contribution in [3.63, 3.8) is 0 Å². The topological polar surface area (TPSA) is 69.6 Å². The number of hydrogen-bond acceptors (Lipinski definition) is 4. The van der Waals surface area contributed by atoms with Crippen molar-refractivity contribution in [2.24, 2.45) is 0 Å². The Labute approximate surface area is 94.3 Å². The highest BCUT2D eigenvalue weighted by Crippen LogP contribution is 2.24. The third-order valence-electron chi connectivity index (χ3n) is 2.45. The van der Waals surface area contributed by atoms with Crippen LogP contribution >= 0.6 is 0 Å². The van der Waals surface area contributed by atoms with Crippen molar-refractivity contribution in [3.8, 4) is 5.69 Å². The van der Waals surface area contributed by atoms with Crippen molar-refractivity contribution in [3.05, 3.63) is 29.8 Å². The first-order valence-corrected chi connectivity index (χ1v) is 5.13. The summed E-state index contributed by atoms with van der Waals surface area (Å²) < 4.78 is 1.52. The van der Waals surface area contributed by atoms with Crippen molar-refractivity contribution in [1.82, 2.24) is 20.2 Å². The average molecular weight is 217 g/mol. The van der Waals surface area contributed by atoms with Crippen LogP contribution in [0.4, 0.5) is 5.95 Å². The van der Waals surface area contributed by atoms with E-state index in [9.17, 15) is 0 Å². The number of nitrogens with two attached hydrogens (primary N) is 1. The summed E-state index contributed by atoms with van der Waals surface area (Å²) >= 11 is 0. The molecule has 2 aromatic rings. The van der Waals surface area contributed by atoms with Gasteiger partial charge >= 0.3 is 0 Å². The maximum absolute atomic E-state index is 5.66. The van der Waals surface area contributed by atoms with Gasteiger partial charge in [0.1, 0.15) is 0 Å². The molecule has 84 valence electrons. The van der Waals surface area contributed by atoms with Crippen LogP contribution in [0.2, 0.25) is 0 Å². The summed E-state index contributed by atoms with van der Waals surface area (Å²) in [6.07, 6.45) is 0. The minimum absolute atomic E-state index is 0.0960. The first kappa shape index (κ1) is 10.6.